The van der Waals surface area contributed by atoms with Crippen LogP contribution in [0.4, 0.5) is 0 Å². The predicted octanol–water partition coefficient (Wildman–Crippen LogP) is 2.97. The van der Waals surface area contributed by atoms with Crippen molar-refractivity contribution in [3.05, 3.63) is 0 Å². The highest BCUT2D eigenvalue weighted by atomic mass is 32.2. The van der Waals surface area contributed by atoms with Crippen molar-refractivity contribution in [2.75, 3.05) is 25.4 Å². The van der Waals surface area contributed by atoms with Gasteiger partial charge in [-0.3, -0.25) is 4.99 Å². The molecular formula is C14H29N3S. The van der Waals surface area contributed by atoms with Crippen molar-refractivity contribution in [2.24, 2.45) is 4.99 Å². The lowest BCUT2D eigenvalue weighted by Gasteiger charge is -2.25. The van der Waals surface area contributed by atoms with E-state index in [0.717, 1.165) is 30.6 Å². The number of amidine groups is 1. The second kappa shape index (κ2) is 7.39. The van der Waals surface area contributed by atoms with Crippen molar-refractivity contribution in [3.8, 4) is 0 Å². The van der Waals surface area contributed by atoms with Gasteiger partial charge in [-0.05, 0) is 32.9 Å². The van der Waals surface area contributed by atoms with Gasteiger partial charge in [0.05, 0.1) is 6.04 Å². The fourth-order valence-corrected chi connectivity index (χ4v) is 3.74. The summed E-state index contributed by atoms with van der Waals surface area (Å²) < 4.78 is 0. The Balaban J connectivity index is 2.53. The second-order valence-electron chi connectivity index (χ2n) is 5.17. The van der Waals surface area contributed by atoms with E-state index in [-0.39, 0.29) is 0 Å². The Morgan fingerprint density at radius 1 is 1.28 bits per heavy atom. The summed E-state index contributed by atoms with van der Waals surface area (Å²) in [5.41, 5.74) is 0.290. The summed E-state index contributed by atoms with van der Waals surface area (Å²) in [6, 6.07) is 0.379. The van der Waals surface area contributed by atoms with Crippen molar-refractivity contribution >= 4 is 16.9 Å². The minimum absolute atomic E-state index is 0.290. The first-order chi connectivity index (χ1) is 8.59. The Hall–Kier alpha value is -0.220. The Morgan fingerprint density at radius 3 is 2.33 bits per heavy atom. The van der Waals surface area contributed by atoms with Crippen LogP contribution in [-0.2, 0) is 0 Å². The lowest BCUT2D eigenvalue weighted by Crippen LogP contribution is -2.42. The zero-order valence-electron chi connectivity index (χ0n) is 12.6. The fourth-order valence-electron chi connectivity index (χ4n) is 2.30. The number of nitrogens with one attached hydrogen (secondary N) is 1. The molecule has 1 heterocycles. The average Bonchev–Trinajstić information content (AvgIpc) is 2.80. The summed E-state index contributed by atoms with van der Waals surface area (Å²) in [5.74, 6) is 1.16. The molecule has 1 aliphatic rings. The summed E-state index contributed by atoms with van der Waals surface area (Å²) in [6.45, 7) is 14.4. The van der Waals surface area contributed by atoms with E-state index in [1.54, 1.807) is 0 Å². The maximum Gasteiger partial charge on any atom is 0.157 e. The molecule has 0 saturated carbocycles. The summed E-state index contributed by atoms with van der Waals surface area (Å²) in [5, 5.41) is 4.79. The van der Waals surface area contributed by atoms with Crippen LogP contribution in [0.15, 0.2) is 4.99 Å². The first-order valence-corrected chi connectivity index (χ1v) is 8.28. The van der Waals surface area contributed by atoms with E-state index < -0.39 is 0 Å². The highest BCUT2D eigenvalue weighted by Gasteiger charge is 2.33. The van der Waals surface area contributed by atoms with Gasteiger partial charge in [0.2, 0.25) is 0 Å². The van der Waals surface area contributed by atoms with Crippen molar-refractivity contribution in [3.63, 3.8) is 0 Å². The van der Waals surface area contributed by atoms with Crippen LogP contribution >= 0.6 is 11.8 Å². The lowest BCUT2D eigenvalue weighted by molar-refractivity contribution is 0.289. The Bertz CT molecular complexity index is 270. The zero-order valence-corrected chi connectivity index (χ0v) is 13.4. The molecular weight excluding hydrogens is 242 g/mol. The van der Waals surface area contributed by atoms with E-state index in [0.29, 0.717) is 11.6 Å². The first kappa shape index (κ1) is 15.8. The van der Waals surface area contributed by atoms with Crippen LogP contribution in [-0.4, -0.2) is 47.0 Å². The third kappa shape index (κ3) is 4.16. The van der Waals surface area contributed by atoms with Crippen molar-refractivity contribution < 1.29 is 0 Å². The van der Waals surface area contributed by atoms with Crippen LogP contribution in [0.5, 0.6) is 0 Å². The van der Waals surface area contributed by atoms with Gasteiger partial charge in [-0.1, -0.05) is 39.5 Å². The van der Waals surface area contributed by atoms with Crippen LogP contribution in [0.25, 0.3) is 0 Å². The molecule has 0 bridgehead atoms. The molecule has 1 saturated heterocycles. The molecule has 0 spiro atoms. The smallest absolute Gasteiger partial charge is 0.157 e. The maximum atomic E-state index is 4.83. The summed E-state index contributed by atoms with van der Waals surface area (Å²) >= 11 is 1.89. The number of thioether (sulfide) groups is 1. The fraction of sp³-hybridized carbons (Fsp3) is 0.929. The van der Waals surface area contributed by atoms with E-state index in [1.165, 1.54) is 12.8 Å². The van der Waals surface area contributed by atoms with Crippen LogP contribution in [0, 0.1) is 0 Å². The molecule has 0 aromatic heterocycles. The molecule has 0 amide bonds. The maximum absolute atomic E-state index is 4.83. The van der Waals surface area contributed by atoms with E-state index in [2.05, 4.69) is 44.8 Å². The van der Waals surface area contributed by atoms with Crippen LogP contribution in [0.1, 0.15) is 47.5 Å². The number of likely N-dealkylation sites (N-methyl/N-ethyl adjacent to an activating group) is 1. The van der Waals surface area contributed by atoms with Gasteiger partial charge in [0.1, 0.15) is 0 Å². The molecule has 0 aromatic rings. The molecule has 18 heavy (non-hydrogen) atoms. The van der Waals surface area contributed by atoms with Crippen molar-refractivity contribution in [2.45, 2.75) is 59.0 Å². The van der Waals surface area contributed by atoms with Crippen molar-refractivity contribution in [1.82, 2.24) is 10.2 Å². The third-order valence-electron chi connectivity index (χ3n) is 3.97. The molecule has 1 rings (SSSR count). The van der Waals surface area contributed by atoms with E-state index >= 15 is 0 Å². The highest BCUT2D eigenvalue weighted by molar-refractivity contribution is 8.14. The molecule has 0 aromatic carbocycles. The van der Waals surface area contributed by atoms with Gasteiger partial charge in [0, 0.05) is 17.8 Å². The van der Waals surface area contributed by atoms with Gasteiger partial charge in [0.15, 0.2) is 5.17 Å². The molecule has 0 radical (unpaired) electrons. The van der Waals surface area contributed by atoms with E-state index in [4.69, 9.17) is 4.99 Å². The minimum atomic E-state index is 0.290. The Morgan fingerprint density at radius 2 is 1.89 bits per heavy atom. The molecule has 3 nitrogen and oxygen atoms in total. The van der Waals surface area contributed by atoms with Gasteiger partial charge >= 0.3 is 0 Å². The number of rotatable bonds is 7. The second-order valence-corrected chi connectivity index (χ2v) is 6.13. The molecule has 1 N–H and O–H groups in total. The molecule has 106 valence electrons. The van der Waals surface area contributed by atoms with Crippen LogP contribution < -0.4 is 5.32 Å². The van der Waals surface area contributed by atoms with Gasteiger partial charge in [0.25, 0.3) is 0 Å². The van der Waals surface area contributed by atoms with Gasteiger partial charge in [-0.15, -0.1) is 0 Å². The normalized spacial score (nSPS) is 22.4. The molecule has 4 heteroatoms. The molecule has 0 aliphatic carbocycles. The summed E-state index contributed by atoms with van der Waals surface area (Å²) in [4.78, 5) is 7.26. The average molecular weight is 271 g/mol. The molecule has 1 fully saturated rings. The number of aliphatic imine (C=N–C) groups is 1. The monoisotopic (exact) mass is 271 g/mol. The molecule has 1 atom stereocenters. The zero-order chi connectivity index (χ0) is 13.6. The van der Waals surface area contributed by atoms with Crippen LogP contribution in [0.3, 0.4) is 0 Å². The Kier molecular flexibility index (Phi) is 6.50. The number of hydrogen-bond donors (Lipinski definition) is 1. The van der Waals surface area contributed by atoms with E-state index in [9.17, 15) is 0 Å². The van der Waals surface area contributed by atoms with Crippen molar-refractivity contribution in [1.29, 1.82) is 0 Å². The van der Waals surface area contributed by atoms with Gasteiger partial charge in [-0.2, -0.15) is 0 Å². The first-order valence-electron chi connectivity index (χ1n) is 7.30. The lowest BCUT2D eigenvalue weighted by atomic mass is 9.96. The summed E-state index contributed by atoms with van der Waals surface area (Å²) in [6.07, 6.45) is 2.36. The SMILES string of the molecule is CCN(CC)CC(C)N=C1NC(CC)(CC)CS1. The van der Waals surface area contributed by atoms with Gasteiger partial charge in [-0.25, -0.2) is 0 Å². The number of hydrogen-bond acceptors (Lipinski definition) is 3. The third-order valence-corrected chi connectivity index (χ3v) is 5.14. The number of nitrogens with zero attached hydrogens (tertiary/aromatic N) is 2. The topological polar surface area (TPSA) is 27.6 Å². The largest absolute Gasteiger partial charge is 0.359 e. The van der Waals surface area contributed by atoms with E-state index in [1.807, 2.05) is 11.8 Å². The quantitative estimate of drug-likeness (QED) is 0.771. The minimum Gasteiger partial charge on any atom is -0.359 e. The Labute approximate surface area is 117 Å². The molecule has 1 aliphatic heterocycles. The predicted molar refractivity (Wildman–Crippen MR) is 83.6 cm³/mol. The highest BCUT2D eigenvalue weighted by Crippen LogP contribution is 2.29. The van der Waals surface area contributed by atoms with Gasteiger partial charge < -0.3 is 10.2 Å². The summed E-state index contributed by atoms with van der Waals surface area (Å²) in [7, 11) is 0. The van der Waals surface area contributed by atoms with Crippen LogP contribution in [0.2, 0.25) is 0 Å². The standard InChI is InChI=1S/C14H29N3S/c1-6-14(7-2)11-18-13(16-14)15-12(5)10-17(8-3)9-4/h12H,6-11H2,1-5H3,(H,15,16). The molecule has 1 unspecified atom stereocenters.